The Morgan fingerprint density at radius 2 is 1.71 bits per heavy atom. The molecule has 8 nitrogen and oxygen atoms in total. The van der Waals surface area contributed by atoms with Crippen LogP contribution in [0.5, 0.6) is 0 Å². The quantitative estimate of drug-likeness (QED) is 0.579. The summed E-state index contributed by atoms with van der Waals surface area (Å²) in [6.45, 7) is 7.65. The first-order chi connectivity index (χ1) is 13.2. The molecule has 1 aromatic carbocycles. The zero-order chi connectivity index (χ0) is 20.7. The zero-order valence-corrected chi connectivity index (χ0v) is 16.8. The maximum atomic E-state index is 12.6. The molecule has 0 spiro atoms. The van der Waals surface area contributed by atoms with Crippen molar-refractivity contribution in [3.8, 4) is 0 Å². The van der Waals surface area contributed by atoms with E-state index >= 15 is 0 Å². The van der Waals surface area contributed by atoms with E-state index in [0.717, 1.165) is 5.56 Å². The van der Waals surface area contributed by atoms with Crippen molar-refractivity contribution < 1.29 is 28.6 Å². The van der Waals surface area contributed by atoms with E-state index in [2.05, 4.69) is 0 Å². The predicted octanol–water partition coefficient (Wildman–Crippen LogP) is 2.81. The van der Waals surface area contributed by atoms with Gasteiger partial charge in [-0.2, -0.15) is 0 Å². The molecule has 1 fully saturated rings. The van der Waals surface area contributed by atoms with Gasteiger partial charge in [0.2, 0.25) is 0 Å². The Labute approximate surface area is 165 Å². The molecule has 0 unspecified atom stereocenters. The van der Waals surface area contributed by atoms with Crippen molar-refractivity contribution >= 4 is 18.2 Å². The van der Waals surface area contributed by atoms with E-state index in [9.17, 15) is 14.4 Å². The lowest BCUT2D eigenvalue weighted by Gasteiger charge is -2.39. The standard InChI is InChI=1S/C20H28N2O6/c1-5-26-17(23)16-13-21(18(24)28-20(2,3)4)11-12-22(16)19(25)27-14-15-9-7-6-8-10-15/h6-10,16H,5,11-14H2,1-4H3/t16-/m0/s1. The highest BCUT2D eigenvalue weighted by Gasteiger charge is 2.39. The van der Waals surface area contributed by atoms with Gasteiger partial charge in [0, 0.05) is 13.1 Å². The highest BCUT2D eigenvalue weighted by Crippen LogP contribution is 2.17. The van der Waals surface area contributed by atoms with Gasteiger partial charge in [0.15, 0.2) is 6.04 Å². The van der Waals surface area contributed by atoms with Crippen molar-refractivity contribution in [3.05, 3.63) is 35.9 Å². The van der Waals surface area contributed by atoms with E-state index in [1.165, 1.54) is 9.80 Å². The first kappa shape index (κ1) is 21.5. The van der Waals surface area contributed by atoms with Crippen LogP contribution in [0, 0.1) is 0 Å². The molecule has 28 heavy (non-hydrogen) atoms. The molecule has 0 N–H and O–H groups in total. The van der Waals surface area contributed by atoms with Gasteiger partial charge in [-0.15, -0.1) is 0 Å². The molecule has 2 amide bonds. The number of hydrogen-bond acceptors (Lipinski definition) is 6. The van der Waals surface area contributed by atoms with Crippen LogP contribution in [0.2, 0.25) is 0 Å². The number of piperazine rings is 1. The lowest BCUT2D eigenvalue weighted by molar-refractivity contribution is -0.151. The van der Waals surface area contributed by atoms with Crippen molar-refractivity contribution in [1.29, 1.82) is 0 Å². The Morgan fingerprint density at radius 3 is 2.32 bits per heavy atom. The lowest BCUT2D eigenvalue weighted by atomic mass is 10.1. The molecule has 154 valence electrons. The number of carbonyl (C=O) groups excluding carboxylic acids is 3. The maximum Gasteiger partial charge on any atom is 0.410 e. The Balaban J connectivity index is 2.05. The monoisotopic (exact) mass is 392 g/mol. The second-order valence-electron chi connectivity index (χ2n) is 7.43. The molecule has 0 radical (unpaired) electrons. The molecule has 1 aliphatic heterocycles. The predicted molar refractivity (Wildman–Crippen MR) is 102 cm³/mol. The van der Waals surface area contributed by atoms with Crippen molar-refractivity contribution in [2.45, 2.75) is 45.9 Å². The fourth-order valence-electron chi connectivity index (χ4n) is 2.74. The third-order valence-corrected chi connectivity index (χ3v) is 4.03. The van der Waals surface area contributed by atoms with Gasteiger partial charge in [-0.3, -0.25) is 4.90 Å². The molecule has 8 heteroatoms. The van der Waals surface area contributed by atoms with E-state index < -0.39 is 29.8 Å². The minimum absolute atomic E-state index is 0.00577. The van der Waals surface area contributed by atoms with E-state index in [1.807, 2.05) is 30.3 Å². The molecular formula is C20H28N2O6. The van der Waals surface area contributed by atoms with Crippen LogP contribution in [0.25, 0.3) is 0 Å². The average Bonchev–Trinajstić information content (AvgIpc) is 2.65. The summed E-state index contributed by atoms with van der Waals surface area (Å²) in [5.74, 6) is -0.576. The summed E-state index contributed by atoms with van der Waals surface area (Å²) in [7, 11) is 0. The van der Waals surface area contributed by atoms with Crippen LogP contribution >= 0.6 is 0 Å². The van der Waals surface area contributed by atoms with Crippen molar-refractivity contribution in [3.63, 3.8) is 0 Å². The summed E-state index contributed by atoms with van der Waals surface area (Å²) < 4.78 is 15.8. The second kappa shape index (κ2) is 9.43. The molecule has 1 atom stereocenters. The second-order valence-corrected chi connectivity index (χ2v) is 7.43. The number of benzene rings is 1. The van der Waals surface area contributed by atoms with Gasteiger partial charge in [0.05, 0.1) is 13.2 Å². The van der Waals surface area contributed by atoms with Gasteiger partial charge < -0.3 is 19.1 Å². The van der Waals surface area contributed by atoms with Gasteiger partial charge in [-0.25, -0.2) is 14.4 Å². The van der Waals surface area contributed by atoms with Gasteiger partial charge in [0.25, 0.3) is 0 Å². The fraction of sp³-hybridized carbons (Fsp3) is 0.550. The normalized spacial score (nSPS) is 17.1. The van der Waals surface area contributed by atoms with Gasteiger partial charge in [0.1, 0.15) is 12.2 Å². The Morgan fingerprint density at radius 1 is 1.04 bits per heavy atom. The number of rotatable bonds is 4. The molecule has 1 heterocycles. The number of ether oxygens (including phenoxy) is 3. The summed E-state index contributed by atoms with van der Waals surface area (Å²) in [5.41, 5.74) is 0.193. The van der Waals surface area contributed by atoms with Crippen LogP contribution in [0.4, 0.5) is 9.59 Å². The van der Waals surface area contributed by atoms with Gasteiger partial charge >= 0.3 is 18.2 Å². The summed E-state index contributed by atoms with van der Waals surface area (Å²) in [4.78, 5) is 40.0. The van der Waals surface area contributed by atoms with Crippen molar-refractivity contribution in [1.82, 2.24) is 9.80 Å². The number of amides is 2. The lowest BCUT2D eigenvalue weighted by Crippen LogP contribution is -2.60. The van der Waals surface area contributed by atoms with E-state index in [-0.39, 0.29) is 32.8 Å². The molecule has 0 aliphatic carbocycles. The molecule has 1 aliphatic rings. The van der Waals surface area contributed by atoms with Crippen LogP contribution in [0.1, 0.15) is 33.3 Å². The van der Waals surface area contributed by atoms with Crippen molar-refractivity contribution in [2.75, 3.05) is 26.2 Å². The molecule has 0 aromatic heterocycles. The number of hydrogen-bond donors (Lipinski definition) is 0. The molecular weight excluding hydrogens is 364 g/mol. The topological polar surface area (TPSA) is 85.4 Å². The number of carbonyl (C=O) groups is 3. The van der Waals surface area contributed by atoms with E-state index in [0.29, 0.717) is 0 Å². The molecule has 0 saturated carbocycles. The summed E-state index contributed by atoms with van der Waals surface area (Å²) in [6.07, 6.45) is -1.15. The van der Waals surface area contributed by atoms with Crippen LogP contribution in [-0.2, 0) is 25.6 Å². The Kier molecular flexibility index (Phi) is 7.25. The zero-order valence-electron chi connectivity index (χ0n) is 16.8. The summed E-state index contributed by atoms with van der Waals surface area (Å²) in [6, 6.07) is 8.32. The third kappa shape index (κ3) is 6.14. The van der Waals surface area contributed by atoms with Crippen LogP contribution < -0.4 is 0 Å². The maximum absolute atomic E-state index is 12.6. The first-order valence-corrected chi connectivity index (χ1v) is 9.33. The third-order valence-electron chi connectivity index (χ3n) is 4.03. The average molecular weight is 392 g/mol. The Bertz CT molecular complexity index is 686. The Hall–Kier alpha value is -2.77. The minimum Gasteiger partial charge on any atom is -0.464 e. The smallest absolute Gasteiger partial charge is 0.410 e. The van der Waals surface area contributed by atoms with E-state index in [1.54, 1.807) is 27.7 Å². The highest BCUT2D eigenvalue weighted by molar-refractivity contribution is 5.83. The van der Waals surface area contributed by atoms with Crippen LogP contribution in [0.3, 0.4) is 0 Å². The molecule has 1 aromatic rings. The van der Waals surface area contributed by atoms with Crippen molar-refractivity contribution in [2.24, 2.45) is 0 Å². The van der Waals surface area contributed by atoms with Gasteiger partial charge in [-0.1, -0.05) is 30.3 Å². The molecule has 1 saturated heterocycles. The van der Waals surface area contributed by atoms with Gasteiger partial charge in [-0.05, 0) is 33.3 Å². The van der Waals surface area contributed by atoms with Crippen LogP contribution in [-0.4, -0.2) is 65.8 Å². The fourth-order valence-corrected chi connectivity index (χ4v) is 2.74. The SMILES string of the molecule is CCOC(=O)[C@@H]1CN(C(=O)OC(C)(C)C)CCN1C(=O)OCc1ccccc1. The number of nitrogens with zero attached hydrogens (tertiary/aromatic N) is 2. The first-order valence-electron chi connectivity index (χ1n) is 9.33. The summed E-state index contributed by atoms with van der Waals surface area (Å²) in [5, 5.41) is 0. The largest absolute Gasteiger partial charge is 0.464 e. The molecule has 0 bridgehead atoms. The summed E-state index contributed by atoms with van der Waals surface area (Å²) >= 11 is 0. The highest BCUT2D eigenvalue weighted by atomic mass is 16.6. The number of esters is 1. The van der Waals surface area contributed by atoms with Crippen LogP contribution in [0.15, 0.2) is 30.3 Å². The molecule has 2 rings (SSSR count). The van der Waals surface area contributed by atoms with E-state index in [4.69, 9.17) is 14.2 Å². The minimum atomic E-state index is -0.940.